The van der Waals surface area contributed by atoms with E-state index < -0.39 is 41.4 Å². The van der Waals surface area contributed by atoms with Gasteiger partial charge in [-0.25, -0.2) is 18.7 Å². The number of rotatable bonds is 2. The minimum atomic E-state index is -5.12. The number of aryl methyl sites for hydroxylation is 1. The molecule has 2 aromatic carbocycles. The maximum Gasteiger partial charge on any atom is 0.419 e. The first-order chi connectivity index (χ1) is 15.4. The fourth-order valence-electron chi connectivity index (χ4n) is 4.05. The summed E-state index contributed by atoms with van der Waals surface area (Å²) in [4.78, 5) is 7.78. The van der Waals surface area contributed by atoms with Gasteiger partial charge in [0.25, 0.3) is 0 Å². The van der Waals surface area contributed by atoms with Crippen LogP contribution in [0.25, 0.3) is 16.5 Å². The third-order valence-electron chi connectivity index (χ3n) is 5.74. The van der Waals surface area contributed by atoms with Crippen LogP contribution in [0.5, 0.6) is 5.75 Å². The molecule has 0 radical (unpaired) electrons. The average molecular weight is 486 g/mol. The highest BCUT2D eigenvalue weighted by Gasteiger charge is 2.61. The van der Waals surface area contributed by atoms with Gasteiger partial charge in [-0.15, -0.1) is 0 Å². The highest BCUT2D eigenvalue weighted by Crippen LogP contribution is 2.53. The number of nitrogens with one attached hydrogen (secondary N) is 1. The van der Waals surface area contributed by atoms with Crippen molar-refractivity contribution in [3.63, 3.8) is 0 Å². The number of anilines is 1. The van der Waals surface area contributed by atoms with Crippen molar-refractivity contribution in [2.75, 3.05) is 5.32 Å². The van der Waals surface area contributed by atoms with Gasteiger partial charge < -0.3 is 15.5 Å². The number of benzene rings is 2. The highest BCUT2D eigenvalue weighted by molar-refractivity contribution is 6.32. The van der Waals surface area contributed by atoms with E-state index in [9.17, 15) is 32.2 Å². The number of alkyl halides is 3. The molecule has 2 unspecified atom stereocenters. The van der Waals surface area contributed by atoms with Gasteiger partial charge in [-0.1, -0.05) is 17.7 Å². The summed E-state index contributed by atoms with van der Waals surface area (Å²) < 4.78 is 71.3. The molecule has 4 rings (SSSR count). The van der Waals surface area contributed by atoms with Crippen LogP contribution in [-0.4, -0.2) is 32.0 Å². The van der Waals surface area contributed by atoms with E-state index in [1.54, 1.807) is 0 Å². The zero-order chi connectivity index (χ0) is 24.3. The minimum absolute atomic E-state index is 0.0766. The summed E-state index contributed by atoms with van der Waals surface area (Å²) in [5.74, 6) is -2.84. The number of allylic oxidation sites excluding steroid dienone is 1. The van der Waals surface area contributed by atoms with Crippen molar-refractivity contribution in [2.45, 2.75) is 38.1 Å². The molecule has 0 saturated heterocycles. The number of phenols is 1. The second kappa shape index (κ2) is 7.81. The number of phenolic OH excluding ortho intramolecular Hbond substituents is 1. The standard InChI is InChI=1S/C22H17ClF5N3O2/c1-3-10-7-21(33,22(26,27)28)20(12-4-14(23)17(32)5-11(10)12)31-16-6-15(24)18(25)19-13(16)8-29-9(2)30-19/h3-6,8,20,31-33H,7H2,1-2H3. The minimum Gasteiger partial charge on any atom is -0.506 e. The molecular formula is C22H17ClF5N3O2. The number of aromatic hydroxyl groups is 1. The maximum atomic E-state index is 14.3. The molecule has 174 valence electrons. The molecule has 0 bridgehead atoms. The molecule has 1 aromatic heterocycles. The molecular weight excluding hydrogens is 469 g/mol. The van der Waals surface area contributed by atoms with Crippen LogP contribution in [0.2, 0.25) is 5.02 Å². The maximum absolute atomic E-state index is 14.3. The molecule has 1 aliphatic carbocycles. The summed E-state index contributed by atoms with van der Waals surface area (Å²) in [5.41, 5.74) is -3.74. The number of aliphatic hydroxyl groups is 1. The van der Waals surface area contributed by atoms with Gasteiger partial charge in [0, 0.05) is 29.8 Å². The fraction of sp³-hybridized carbons (Fsp3) is 0.273. The molecule has 11 heteroatoms. The SMILES string of the molecule is CC=C1CC(O)(C(F)(F)F)C(Nc2cc(F)c(F)c3nc(C)ncc23)c2cc(Cl)c(O)cc21. The number of hydrogen-bond donors (Lipinski definition) is 3. The Morgan fingerprint density at radius 3 is 2.58 bits per heavy atom. The lowest BCUT2D eigenvalue weighted by Gasteiger charge is -2.44. The molecule has 0 spiro atoms. The van der Waals surface area contributed by atoms with Crippen LogP contribution in [0.3, 0.4) is 0 Å². The van der Waals surface area contributed by atoms with Crippen LogP contribution in [0.1, 0.15) is 36.3 Å². The van der Waals surface area contributed by atoms with Crippen molar-refractivity contribution in [3.05, 3.63) is 64.1 Å². The van der Waals surface area contributed by atoms with Crippen LogP contribution in [0.4, 0.5) is 27.6 Å². The molecule has 5 nitrogen and oxygen atoms in total. The van der Waals surface area contributed by atoms with Gasteiger partial charge in [0.15, 0.2) is 17.2 Å². The first-order valence-corrected chi connectivity index (χ1v) is 10.1. The summed E-state index contributed by atoms with van der Waals surface area (Å²) in [5, 5.41) is 23.2. The number of fused-ring (bicyclic) bond motifs is 2. The number of hydrogen-bond acceptors (Lipinski definition) is 5. The van der Waals surface area contributed by atoms with Crippen molar-refractivity contribution in [2.24, 2.45) is 0 Å². The molecule has 3 N–H and O–H groups in total. The molecule has 0 fully saturated rings. The first kappa shape index (κ1) is 23.2. The van der Waals surface area contributed by atoms with Gasteiger partial charge in [0.1, 0.15) is 17.1 Å². The quantitative estimate of drug-likeness (QED) is 0.398. The number of aromatic nitrogens is 2. The van der Waals surface area contributed by atoms with Gasteiger partial charge in [-0.3, -0.25) is 0 Å². The van der Waals surface area contributed by atoms with Gasteiger partial charge >= 0.3 is 6.18 Å². The van der Waals surface area contributed by atoms with Crippen LogP contribution in [0, 0.1) is 18.6 Å². The van der Waals surface area contributed by atoms with Crippen molar-refractivity contribution in [1.29, 1.82) is 0 Å². The molecule has 0 saturated carbocycles. The van der Waals surface area contributed by atoms with Gasteiger partial charge in [-0.05, 0) is 42.7 Å². The Hall–Kier alpha value is -2.98. The van der Waals surface area contributed by atoms with Crippen molar-refractivity contribution >= 4 is 33.8 Å². The van der Waals surface area contributed by atoms with E-state index in [0.717, 1.165) is 12.3 Å². The zero-order valence-corrected chi connectivity index (χ0v) is 18.0. The largest absolute Gasteiger partial charge is 0.506 e. The lowest BCUT2D eigenvalue weighted by molar-refractivity contribution is -0.265. The van der Waals surface area contributed by atoms with Crippen LogP contribution in [-0.2, 0) is 0 Å². The van der Waals surface area contributed by atoms with E-state index in [1.807, 2.05) is 0 Å². The highest BCUT2D eigenvalue weighted by atomic mass is 35.5. The molecule has 1 heterocycles. The summed E-state index contributed by atoms with van der Waals surface area (Å²) in [7, 11) is 0. The molecule has 0 amide bonds. The van der Waals surface area contributed by atoms with E-state index >= 15 is 0 Å². The third kappa shape index (κ3) is 3.67. The monoisotopic (exact) mass is 485 g/mol. The third-order valence-corrected chi connectivity index (χ3v) is 6.04. The van der Waals surface area contributed by atoms with Crippen molar-refractivity contribution < 1.29 is 32.2 Å². The number of nitrogens with zero attached hydrogens (tertiary/aromatic N) is 2. The molecule has 1 aliphatic rings. The predicted octanol–water partition coefficient (Wildman–Crippen LogP) is 5.83. The molecule has 3 aromatic rings. The first-order valence-electron chi connectivity index (χ1n) is 9.72. The molecule has 0 aliphatic heterocycles. The van der Waals surface area contributed by atoms with Gasteiger partial charge in [-0.2, -0.15) is 13.2 Å². The average Bonchev–Trinajstić information content (AvgIpc) is 2.74. The van der Waals surface area contributed by atoms with E-state index in [1.165, 1.54) is 26.0 Å². The Kier molecular flexibility index (Phi) is 5.49. The Balaban J connectivity index is 1.99. The lowest BCUT2D eigenvalue weighted by Crippen LogP contribution is -2.54. The second-order valence-electron chi connectivity index (χ2n) is 7.78. The summed E-state index contributed by atoms with van der Waals surface area (Å²) in [6, 6.07) is 1.10. The fourth-order valence-corrected chi connectivity index (χ4v) is 4.22. The van der Waals surface area contributed by atoms with Gasteiger partial charge in [0.2, 0.25) is 0 Å². The Labute approximate surface area is 189 Å². The summed E-state index contributed by atoms with van der Waals surface area (Å²) >= 11 is 5.98. The van der Waals surface area contributed by atoms with Crippen LogP contribution >= 0.6 is 11.6 Å². The van der Waals surface area contributed by atoms with Crippen molar-refractivity contribution in [1.82, 2.24) is 9.97 Å². The second-order valence-corrected chi connectivity index (χ2v) is 8.19. The normalized spacial score (nSPS) is 22.0. The van der Waals surface area contributed by atoms with E-state index in [-0.39, 0.29) is 44.4 Å². The molecule has 2 atom stereocenters. The predicted molar refractivity (Wildman–Crippen MR) is 113 cm³/mol. The van der Waals surface area contributed by atoms with Crippen LogP contribution < -0.4 is 5.32 Å². The van der Waals surface area contributed by atoms with E-state index in [4.69, 9.17) is 11.6 Å². The van der Waals surface area contributed by atoms with Crippen molar-refractivity contribution in [3.8, 4) is 5.75 Å². The molecule has 33 heavy (non-hydrogen) atoms. The summed E-state index contributed by atoms with van der Waals surface area (Å²) in [6.45, 7) is 2.95. The number of halogens is 6. The van der Waals surface area contributed by atoms with Gasteiger partial charge in [0.05, 0.1) is 11.1 Å². The van der Waals surface area contributed by atoms with E-state index in [0.29, 0.717) is 6.07 Å². The van der Waals surface area contributed by atoms with E-state index in [2.05, 4.69) is 15.3 Å². The Morgan fingerprint density at radius 2 is 1.94 bits per heavy atom. The zero-order valence-electron chi connectivity index (χ0n) is 17.2. The summed E-state index contributed by atoms with van der Waals surface area (Å²) in [6.07, 6.45) is -3.43. The Morgan fingerprint density at radius 1 is 1.24 bits per heavy atom. The Bertz CT molecular complexity index is 1310. The topological polar surface area (TPSA) is 78.3 Å². The lowest BCUT2D eigenvalue weighted by atomic mass is 9.73. The smallest absolute Gasteiger partial charge is 0.419 e. The van der Waals surface area contributed by atoms with Crippen LogP contribution in [0.15, 0.2) is 30.5 Å².